The van der Waals surface area contributed by atoms with E-state index in [1.54, 1.807) is 4.90 Å². The third-order valence-electron chi connectivity index (χ3n) is 4.16. The summed E-state index contributed by atoms with van der Waals surface area (Å²) in [6.07, 6.45) is 0.667. The van der Waals surface area contributed by atoms with E-state index < -0.39 is 5.60 Å². The topological polar surface area (TPSA) is 50.8 Å². The molecule has 0 aromatic heterocycles. The van der Waals surface area contributed by atoms with Gasteiger partial charge in [-0.15, -0.1) is 0 Å². The van der Waals surface area contributed by atoms with Gasteiger partial charge in [-0.05, 0) is 27.2 Å². The van der Waals surface area contributed by atoms with Crippen molar-refractivity contribution in [2.45, 2.75) is 43.9 Å². The number of morpholine rings is 1. The van der Waals surface area contributed by atoms with Crippen molar-refractivity contribution in [1.29, 1.82) is 0 Å². The van der Waals surface area contributed by atoms with E-state index in [1.165, 1.54) is 0 Å². The van der Waals surface area contributed by atoms with E-state index in [0.29, 0.717) is 6.54 Å². The van der Waals surface area contributed by atoms with Crippen LogP contribution in [0.4, 0.5) is 4.79 Å². The molecule has 0 saturated carbocycles. The molecule has 0 radical (unpaired) electrons. The van der Waals surface area contributed by atoms with Gasteiger partial charge in [0.2, 0.25) is 0 Å². The minimum Gasteiger partial charge on any atom is -0.444 e. The zero-order valence-corrected chi connectivity index (χ0v) is 13.3. The lowest BCUT2D eigenvalue weighted by molar-refractivity contribution is -0.0938. The van der Waals surface area contributed by atoms with Gasteiger partial charge in [-0.3, -0.25) is 0 Å². The van der Waals surface area contributed by atoms with Gasteiger partial charge >= 0.3 is 6.09 Å². The quantitative estimate of drug-likeness (QED) is 0.734. The highest BCUT2D eigenvalue weighted by molar-refractivity contribution is 8.00. The zero-order valence-electron chi connectivity index (χ0n) is 12.5. The fraction of sp³-hybridized carbons (Fsp3) is 0.929. The summed E-state index contributed by atoms with van der Waals surface area (Å²) in [7, 11) is 0. The molecule has 3 aliphatic heterocycles. The molecule has 0 aliphatic carbocycles. The van der Waals surface area contributed by atoms with Crippen LogP contribution in [0.15, 0.2) is 0 Å². The van der Waals surface area contributed by atoms with Crippen LogP contribution in [0.5, 0.6) is 0 Å². The van der Waals surface area contributed by atoms with Crippen LogP contribution in [0.2, 0.25) is 0 Å². The average Bonchev–Trinajstić information content (AvgIpc) is 2.71. The number of thioether (sulfide) groups is 1. The summed E-state index contributed by atoms with van der Waals surface area (Å²) < 4.78 is 11.6. The number of nitrogens with one attached hydrogen (secondary N) is 1. The molecule has 3 fully saturated rings. The van der Waals surface area contributed by atoms with Gasteiger partial charge in [0.1, 0.15) is 5.60 Å². The van der Waals surface area contributed by atoms with Crippen LogP contribution in [0.25, 0.3) is 0 Å². The van der Waals surface area contributed by atoms with Crippen LogP contribution < -0.4 is 5.32 Å². The number of carbonyl (C=O) groups is 1. The number of hydrogen-bond donors (Lipinski definition) is 1. The van der Waals surface area contributed by atoms with E-state index in [4.69, 9.17) is 9.47 Å². The van der Waals surface area contributed by atoms with Gasteiger partial charge in [-0.1, -0.05) is 0 Å². The first kappa shape index (κ1) is 14.5. The van der Waals surface area contributed by atoms with Crippen LogP contribution in [-0.4, -0.2) is 65.5 Å². The fourth-order valence-electron chi connectivity index (χ4n) is 2.86. The van der Waals surface area contributed by atoms with Crippen molar-refractivity contribution in [2.75, 3.05) is 37.7 Å². The second-order valence-corrected chi connectivity index (χ2v) is 8.24. The van der Waals surface area contributed by atoms with Gasteiger partial charge in [-0.2, -0.15) is 11.8 Å². The van der Waals surface area contributed by atoms with Crippen molar-refractivity contribution in [2.24, 2.45) is 0 Å². The van der Waals surface area contributed by atoms with Crippen LogP contribution >= 0.6 is 11.8 Å². The predicted octanol–water partition coefficient (Wildman–Crippen LogP) is 1.47. The summed E-state index contributed by atoms with van der Waals surface area (Å²) in [5, 5.41) is 3.65. The second kappa shape index (κ2) is 4.78. The molecule has 3 aliphatic rings. The van der Waals surface area contributed by atoms with Crippen LogP contribution in [-0.2, 0) is 9.47 Å². The van der Waals surface area contributed by atoms with E-state index in [0.717, 1.165) is 37.6 Å². The fourth-order valence-corrected chi connectivity index (χ4v) is 3.93. The van der Waals surface area contributed by atoms with Gasteiger partial charge in [0, 0.05) is 24.6 Å². The van der Waals surface area contributed by atoms with E-state index in [9.17, 15) is 4.79 Å². The molecule has 5 nitrogen and oxygen atoms in total. The monoisotopic (exact) mass is 300 g/mol. The number of carbonyl (C=O) groups excluding carboxylic acids is 1. The van der Waals surface area contributed by atoms with Crippen molar-refractivity contribution in [3.63, 3.8) is 0 Å². The normalized spacial score (nSPS) is 32.5. The first-order valence-corrected chi connectivity index (χ1v) is 8.42. The number of hydrogen-bond acceptors (Lipinski definition) is 5. The Bertz CT molecular complexity index is 394. The number of likely N-dealkylation sites (tertiary alicyclic amines) is 1. The highest BCUT2D eigenvalue weighted by Crippen LogP contribution is 2.37. The molecule has 1 amide bonds. The highest BCUT2D eigenvalue weighted by atomic mass is 32.2. The Hall–Kier alpha value is -0.460. The number of nitrogens with zero attached hydrogens (tertiary/aromatic N) is 1. The number of rotatable bonds is 0. The molecule has 2 spiro atoms. The summed E-state index contributed by atoms with van der Waals surface area (Å²) >= 11 is 1.96. The van der Waals surface area contributed by atoms with E-state index in [1.807, 2.05) is 32.5 Å². The van der Waals surface area contributed by atoms with Crippen LogP contribution in [0, 0.1) is 0 Å². The van der Waals surface area contributed by atoms with Gasteiger partial charge in [0.05, 0.1) is 24.3 Å². The Balaban J connectivity index is 1.55. The molecule has 0 aromatic rings. The standard InChI is InChI=1S/C14H24N2O3S/c1-12(2,3)19-11(17)16-5-4-14(7-16)6-15-13(8-18-14)9-20-10-13/h15H,4-10H2,1-3H3/t14-/m0/s1. The van der Waals surface area contributed by atoms with Gasteiger partial charge < -0.3 is 19.7 Å². The second-order valence-electron chi connectivity index (χ2n) is 7.25. The number of amides is 1. The van der Waals surface area contributed by atoms with Crippen molar-refractivity contribution in [3.05, 3.63) is 0 Å². The molecule has 1 N–H and O–H groups in total. The molecule has 3 heterocycles. The molecule has 3 rings (SSSR count). The molecule has 3 saturated heterocycles. The van der Waals surface area contributed by atoms with Crippen LogP contribution in [0.3, 0.4) is 0 Å². The minimum absolute atomic E-state index is 0.204. The molecule has 0 bridgehead atoms. The minimum atomic E-state index is -0.439. The third kappa shape index (κ3) is 2.78. The van der Waals surface area contributed by atoms with Crippen molar-refractivity contribution in [1.82, 2.24) is 10.2 Å². The van der Waals surface area contributed by atoms with E-state index in [-0.39, 0.29) is 17.2 Å². The summed E-state index contributed by atoms with van der Waals surface area (Å²) in [4.78, 5) is 13.9. The van der Waals surface area contributed by atoms with Crippen molar-refractivity contribution in [3.8, 4) is 0 Å². The molecule has 0 aromatic carbocycles. The Morgan fingerprint density at radius 2 is 2.15 bits per heavy atom. The molecular formula is C14H24N2O3S. The zero-order chi connectivity index (χ0) is 14.4. The average molecular weight is 300 g/mol. The maximum Gasteiger partial charge on any atom is 0.410 e. The summed E-state index contributed by atoms with van der Waals surface area (Å²) in [6.45, 7) is 8.65. The third-order valence-corrected chi connectivity index (χ3v) is 5.68. The van der Waals surface area contributed by atoms with Crippen LogP contribution in [0.1, 0.15) is 27.2 Å². The van der Waals surface area contributed by atoms with Gasteiger partial charge in [-0.25, -0.2) is 4.79 Å². The number of ether oxygens (including phenoxy) is 2. The molecular weight excluding hydrogens is 276 g/mol. The summed E-state index contributed by atoms with van der Waals surface area (Å²) in [5.41, 5.74) is -0.441. The molecule has 0 unspecified atom stereocenters. The van der Waals surface area contributed by atoms with E-state index in [2.05, 4.69) is 5.32 Å². The molecule has 20 heavy (non-hydrogen) atoms. The lowest BCUT2D eigenvalue weighted by Crippen LogP contribution is -2.68. The summed E-state index contributed by atoms with van der Waals surface area (Å²) in [6, 6.07) is 0. The largest absolute Gasteiger partial charge is 0.444 e. The first-order valence-electron chi connectivity index (χ1n) is 7.26. The van der Waals surface area contributed by atoms with Gasteiger partial charge in [0.25, 0.3) is 0 Å². The maximum atomic E-state index is 12.1. The van der Waals surface area contributed by atoms with Crippen molar-refractivity contribution >= 4 is 17.9 Å². The highest BCUT2D eigenvalue weighted by Gasteiger charge is 2.50. The Labute approximate surface area is 124 Å². The lowest BCUT2D eigenvalue weighted by atomic mass is 9.95. The molecule has 114 valence electrons. The van der Waals surface area contributed by atoms with Crippen molar-refractivity contribution < 1.29 is 14.3 Å². The van der Waals surface area contributed by atoms with E-state index >= 15 is 0 Å². The SMILES string of the molecule is CC(C)(C)OC(=O)N1CC[C@]2(CNC3(CO2)CSC3)C1. The smallest absolute Gasteiger partial charge is 0.410 e. The molecule has 6 heteroatoms. The Kier molecular flexibility index (Phi) is 3.46. The Morgan fingerprint density at radius 3 is 2.65 bits per heavy atom. The molecule has 1 atom stereocenters. The maximum absolute atomic E-state index is 12.1. The summed E-state index contributed by atoms with van der Waals surface area (Å²) in [5.74, 6) is 2.28. The predicted molar refractivity (Wildman–Crippen MR) is 79.2 cm³/mol. The lowest BCUT2D eigenvalue weighted by Gasteiger charge is -2.50. The van der Waals surface area contributed by atoms with Gasteiger partial charge in [0.15, 0.2) is 0 Å². The first-order chi connectivity index (χ1) is 9.32. The Morgan fingerprint density at radius 1 is 1.40 bits per heavy atom.